The highest BCUT2D eigenvalue weighted by Crippen LogP contribution is 2.51. The third-order valence-electron chi connectivity index (χ3n) is 5.86. The average molecular weight is 235 g/mol. The largest absolute Gasteiger partial charge is 0.313 e. The lowest BCUT2D eigenvalue weighted by molar-refractivity contribution is 0.237. The van der Waals surface area contributed by atoms with Crippen LogP contribution in [0.15, 0.2) is 0 Å². The molecule has 0 bridgehead atoms. The molecule has 1 N–H and O–H groups in total. The molecule has 2 unspecified atom stereocenters. The zero-order valence-corrected chi connectivity index (χ0v) is 11.7. The molecule has 0 spiro atoms. The Balaban J connectivity index is 1.45. The summed E-state index contributed by atoms with van der Waals surface area (Å²) in [4.78, 5) is 0. The van der Waals surface area contributed by atoms with Crippen LogP contribution in [0, 0.1) is 23.2 Å². The van der Waals surface area contributed by atoms with Crippen molar-refractivity contribution in [3.63, 3.8) is 0 Å². The van der Waals surface area contributed by atoms with Gasteiger partial charge in [0, 0.05) is 12.6 Å². The third-order valence-corrected chi connectivity index (χ3v) is 5.86. The van der Waals surface area contributed by atoms with Gasteiger partial charge in [0.25, 0.3) is 0 Å². The molecule has 3 saturated carbocycles. The van der Waals surface area contributed by atoms with E-state index in [2.05, 4.69) is 19.2 Å². The Kier molecular flexibility index (Phi) is 3.23. The van der Waals surface area contributed by atoms with E-state index in [-0.39, 0.29) is 0 Å². The highest BCUT2D eigenvalue weighted by molar-refractivity contribution is 4.98. The third kappa shape index (κ3) is 2.70. The van der Waals surface area contributed by atoms with Crippen LogP contribution in [-0.4, -0.2) is 12.6 Å². The van der Waals surface area contributed by atoms with Gasteiger partial charge in [-0.2, -0.15) is 0 Å². The van der Waals surface area contributed by atoms with E-state index in [1.54, 1.807) is 0 Å². The predicted molar refractivity (Wildman–Crippen MR) is 73.0 cm³/mol. The maximum Gasteiger partial charge on any atom is 0.00700 e. The SMILES string of the molecule is CC(C)C1(CNC2CCCC(C3CC3)C2)CC1. The summed E-state index contributed by atoms with van der Waals surface area (Å²) in [6.07, 6.45) is 11.9. The molecule has 0 aliphatic heterocycles. The lowest BCUT2D eigenvalue weighted by Gasteiger charge is -2.32. The van der Waals surface area contributed by atoms with E-state index in [0.29, 0.717) is 5.41 Å². The molecule has 0 amide bonds. The zero-order chi connectivity index (χ0) is 11.9. The molecule has 3 aliphatic carbocycles. The number of hydrogen-bond donors (Lipinski definition) is 1. The van der Waals surface area contributed by atoms with Gasteiger partial charge in [-0.25, -0.2) is 0 Å². The molecule has 0 aromatic carbocycles. The minimum atomic E-state index is 0.687. The average Bonchev–Trinajstić information content (AvgIpc) is 3.19. The van der Waals surface area contributed by atoms with Gasteiger partial charge in [0.05, 0.1) is 0 Å². The standard InChI is InChI=1S/C16H29N/c1-12(2)16(8-9-16)11-17-15-5-3-4-14(10-15)13-6-7-13/h12-15,17H,3-11H2,1-2H3. The van der Waals surface area contributed by atoms with Crippen molar-refractivity contribution in [1.29, 1.82) is 0 Å². The number of rotatable bonds is 5. The summed E-state index contributed by atoms with van der Waals surface area (Å²) in [5.74, 6) is 3.08. The molecule has 1 nitrogen and oxygen atoms in total. The van der Waals surface area contributed by atoms with Gasteiger partial charge in [-0.1, -0.05) is 26.7 Å². The van der Waals surface area contributed by atoms with Gasteiger partial charge < -0.3 is 5.32 Å². The summed E-state index contributed by atoms with van der Waals surface area (Å²) >= 11 is 0. The Hall–Kier alpha value is -0.0400. The quantitative estimate of drug-likeness (QED) is 0.760. The number of hydrogen-bond acceptors (Lipinski definition) is 1. The normalized spacial score (nSPS) is 36.2. The molecule has 17 heavy (non-hydrogen) atoms. The van der Waals surface area contributed by atoms with Gasteiger partial charge >= 0.3 is 0 Å². The smallest absolute Gasteiger partial charge is 0.00700 e. The first kappa shape index (κ1) is 12.0. The van der Waals surface area contributed by atoms with Crippen molar-refractivity contribution in [2.75, 3.05) is 6.54 Å². The first-order valence-electron chi connectivity index (χ1n) is 7.93. The monoisotopic (exact) mass is 235 g/mol. The van der Waals surface area contributed by atoms with Crippen LogP contribution in [0.2, 0.25) is 0 Å². The summed E-state index contributed by atoms with van der Waals surface area (Å²) in [7, 11) is 0. The predicted octanol–water partition coefficient (Wildman–Crippen LogP) is 3.98. The van der Waals surface area contributed by atoms with Crippen molar-refractivity contribution < 1.29 is 0 Å². The van der Waals surface area contributed by atoms with Gasteiger partial charge in [-0.05, 0) is 61.7 Å². The van der Waals surface area contributed by atoms with Gasteiger partial charge in [0.2, 0.25) is 0 Å². The maximum absolute atomic E-state index is 3.92. The van der Waals surface area contributed by atoms with Crippen LogP contribution in [0.25, 0.3) is 0 Å². The molecule has 3 fully saturated rings. The van der Waals surface area contributed by atoms with Crippen molar-refractivity contribution in [2.45, 2.75) is 71.3 Å². The van der Waals surface area contributed by atoms with Crippen LogP contribution >= 0.6 is 0 Å². The Morgan fingerprint density at radius 3 is 2.41 bits per heavy atom. The molecule has 0 saturated heterocycles. The first-order valence-corrected chi connectivity index (χ1v) is 7.93. The molecule has 0 aromatic heterocycles. The summed E-state index contributed by atoms with van der Waals surface area (Å²) in [6, 6.07) is 0.852. The minimum absolute atomic E-state index is 0.687. The number of nitrogens with one attached hydrogen (secondary N) is 1. The summed E-state index contributed by atoms with van der Waals surface area (Å²) in [6.45, 7) is 6.11. The van der Waals surface area contributed by atoms with E-state index < -0.39 is 0 Å². The van der Waals surface area contributed by atoms with Gasteiger partial charge in [-0.3, -0.25) is 0 Å². The van der Waals surface area contributed by atoms with Crippen LogP contribution in [0.5, 0.6) is 0 Å². The summed E-state index contributed by atoms with van der Waals surface area (Å²) in [5, 5.41) is 3.92. The Morgan fingerprint density at radius 2 is 1.82 bits per heavy atom. The molecule has 1 heteroatoms. The molecule has 2 atom stereocenters. The Bertz CT molecular complexity index is 263. The van der Waals surface area contributed by atoms with E-state index in [9.17, 15) is 0 Å². The van der Waals surface area contributed by atoms with Crippen molar-refractivity contribution >= 4 is 0 Å². The van der Waals surface area contributed by atoms with Crippen molar-refractivity contribution in [3.8, 4) is 0 Å². The molecule has 0 aromatic rings. The topological polar surface area (TPSA) is 12.0 Å². The second-order valence-corrected chi connectivity index (χ2v) is 7.36. The molecular formula is C16H29N. The lowest BCUT2D eigenvalue weighted by atomic mass is 9.82. The summed E-state index contributed by atoms with van der Waals surface area (Å²) in [5.41, 5.74) is 0.687. The van der Waals surface area contributed by atoms with Crippen molar-refractivity contribution in [1.82, 2.24) is 5.32 Å². The zero-order valence-electron chi connectivity index (χ0n) is 11.7. The highest BCUT2D eigenvalue weighted by Gasteiger charge is 2.45. The molecule has 98 valence electrons. The van der Waals surface area contributed by atoms with Crippen molar-refractivity contribution in [2.24, 2.45) is 23.2 Å². The maximum atomic E-state index is 3.92. The van der Waals surface area contributed by atoms with E-state index in [0.717, 1.165) is 23.8 Å². The Labute approximate surface area is 107 Å². The Morgan fingerprint density at radius 1 is 1.06 bits per heavy atom. The van der Waals surface area contributed by atoms with Crippen LogP contribution in [0.4, 0.5) is 0 Å². The fourth-order valence-electron chi connectivity index (χ4n) is 3.88. The fourth-order valence-corrected chi connectivity index (χ4v) is 3.88. The second kappa shape index (κ2) is 4.57. The van der Waals surface area contributed by atoms with Crippen molar-refractivity contribution in [3.05, 3.63) is 0 Å². The molecular weight excluding hydrogens is 206 g/mol. The molecule has 0 radical (unpaired) electrons. The van der Waals surface area contributed by atoms with Crippen LogP contribution in [0.3, 0.4) is 0 Å². The van der Waals surface area contributed by atoms with Crippen LogP contribution < -0.4 is 5.32 Å². The highest BCUT2D eigenvalue weighted by atomic mass is 14.9. The fraction of sp³-hybridized carbons (Fsp3) is 1.00. The van der Waals surface area contributed by atoms with Crippen LogP contribution in [0.1, 0.15) is 65.2 Å². The first-order chi connectivity index (χ1) is 8.20. The van der Waals surface area contributed by atoms with E-state index >= 15 is 0 Å². The van der Waals surface area contributed by atoms with Gasteiger partial charge in [0.1, 0.15) is 0 Å². The minimum Gasteiger partial charge on any atom is -0.313 e. The van der Waals surface area contributed by atoms with Gasteiger partial charge in [-0.15, -0.1) is 0 Å². The molecule has 3 aliphatic rings. The molecule has 3 rings (SSSR count). The van der Waals surface area contributed by atoms with Crippen LogP contribution in [-0.2, 0) is 0 Å². The van der Waals surface area contributed by atoms with E-state index in [4.69, 9.17) is 0 Å². The van der Waals surface area contributed by atoms with Gasteiger partial charge in [0.15, 0.2) is 0 Å². The lowest BCUT2D eigenvalue weighted by Crippen LogP contribution is -2.39. The van der Waals surface area contributed by atoms with E-state index in [1.807, 2.05) is 0 Å². The molecule has 0 heterocycles. The summed E-state index contributed by atoms with van der Waals surface area (Å²) < 4.78 is 0. The van der Waals surface area contributed by atoms with E-state index in [1.165, 1.54) is 57.9 Å². The second-order valence-electron chi connectivity index (χ2n) is 7.36.